The number of methoxy groups -OCH3 is 1. The number of carbonyl (C=O) groups is 1. The lowest BCUT2D eigenvalue weighted by molar-refractivity contribution is -0.166. The summed E-state index contributed by atoms with van der Waals surface area (Å²) in [7, 11) is 6.42. The maximum Gasteiger partial charge on any atom is 0.259 e. The molecule has 4 aromatic rings. The van der Waals surface area contributed by atoms with Crippen molar-refractivity contribution < 1.29 is 19.7 Å². The molecule has 5 N–H and O–H groups in total. The first kappa shape index (κ1) is 26.6. The van der Waals surface area contributed by atoms with Crippen LogP contribution in [0.15, 0.2) is 67.5 Å². The Kier molecular flexibility index (Phi) is 7.62. The Labute approximate surface area is 220 Å². The molecule has 0 aliphatic rings. The number of amides is 1. The van der Waals surface area contributed by atoms with E-state index in [1.807, 2.05) is 36.5 Å². The maximum absolute atomic E-state index is 12.2. The van der Waals surface area contributed by atoms with E-state index in [1.165, 1.54) is 19.1 Å². The van der Waals surface area contributed by atoms with Gasteiger partial charge in [-0.2, -0.15) is 0 Å². The predicted octanol–water partition coefficient (Wildman–Crippen LogP) is 3.14. The van der Waals surface area contributed by atoms with Gasteiger partial charge in [0.25, 0.3) is 5.91 Å². The molecule has 0 aliphatic heterocycles. The van der Waals surface area contributed by atoms with E-state index in [0.29, 0.717) is 34.5 Å². The summed E-state index contributed by atoms with van der Waals surface area (Å²) in [5.41, 5.74) is 3.69. The van der Waals surface area contributed by atoms with E-state index < -0.39 is 11.8 Å². The van der Waals surface area contributed by atoms with E-state index in [1.54, 1.807) is 37.3 Å². The summed E-state index contributed by atoms with van der Waals surface area (Å²) in [6, 6.07) is 13.0. The van der Waals surface area contributed by atoms with Gasteiger partial charge in [0.05, 0.1) is 36.4 Å². The third-order valence-electron chi connectivity index (χ3n) is 5.96. The minimum absolute atomic E-state index is 0.0882. The Morgan fingerprint density at radius 3 is 2.66 bits per heavy atom. The van der Waals surface area contributed by atoms with Crippen molar-refractivity contribution in [2.75, 3.05) is 50.3 Å². The lowest BCUT2D eigenvalue weighted by Crippen LogP contribution is -2.53. The van der Waals surface area contributed by atoms with Gasteiger partial charge in [0.1, 0.15) is 5.75 Å². The predicted molar refractivity (Wildman–Crippen MR) is 149 cm³/mol. The Balaban J connectivity index is 1.73. The zero-order valence-electron chi connectivity index (χ0n) is 21.7. The molecule has 0 unspecified atom stereocenters. The Morgan fingerprint density at radius 2 is 1.95 bits per heavy atom. The number of nitrogens with zero attached hydrogens (tertiary/aromatic N) is 4. The Hall–Kier alpha value is -4.45. The van der Waals surface area contributed by atoms with E-state index in [2.05, 4.69) is 32.2 Å². The van der Waals surface area contributed by atoms with Gasteiger partial charge < -0.3 is 40.4 Å². The van der Waals surface area contributed by atoms with E-state index in [0.717, 1.165) is 22.5 Å². The summed E-state index contributed by atoms with van der Waals surface area (Å²) >= 11 is 0. The molecule has 0 spiro atoms. The van der Waals surface area contributed by atoms with Crippen molar-refractivity contribution >= 4 is 39.8 Å². The zero-order chi connectivity index (χ0) is 27.4. The first-order valence-corrected chi connectivity index (χ1v) is 11.8. The molecular weight excluding hydrogens is 486 g/mol. The number of carbonyl (C=O) groups excluding carboxylic acids is 1. The maximum atomic E-state index is 12.2. The largest absolute Gasteiger partial charge is 0.494 e. The van der Waals surface area contributed by atoms with Gasteiger partial charge in [-0.3, -0.25) is 4.79 Å². The smallest absolute Gasteiger partial charge is 0.259 e. The molecule has 11 nitrogen and oxygen atoms in total. The topological polar surface area (TPSA) is 139 Å². The van der Waals surface area contributed by atoms with Crippen LogP contribution in [0.25, 0.3) is 22.2 Å². The van der Waals surface area contributed by atoms with Crippen LogP contribution in [0.1, 0.15) is 0 Å². The molecular formula is C27H31N7O4. The van der Waals surface area contributed by atoms with E-state index in [4.69, 9.17) is 4.74 Å². The molecule has 0 aliphatic carbocycles. The second kappa shape index (κ2) is 10.9. The lowest BCUT2D eigenvalue weighted by Gasteiger charge is -2.36. The summed E-state index contributed by atoms with van der Waals surface area (Å²) in [6.07, 6.45) is 4.67. The van der Waals surface area contributed by atoms with E-state index >= 15 is 0 Å². The second-order valence-electron chi connectivity index (χ2n) is 8.97. The molecule has 0 bridgehead atoms. The van der Waals surface area contributed by atoms with Crippen LogP contribution in [-0.2, 0) is 4.79 Å². The van der Waals surface area contributed by atoms with Gasteiger partial charge in [0, 0.05) is 42.0 Å². The first-order valence-electron chi connectivity index (χ1n) is 11.8. The van der Waals surface area contributed by atoms with Crippen molar-refractivity contribution in [2.45, 2.75) is 5.91 Å². The molecule has 0 fully saturated rings. The van der Waals surface area contributed by atoms with Crippen LogP contribution in [0.5, 0.6) is 5.75 Å². The molecule has 1 amide bonds. The number of fused-ring (bicyclic) bond motifs is 1. The highest BCUT2D eigenvalue weighted by molar-refractivity contribution is 6.02. The fraction of sp³-hybridized carbons (Fsp3) is 0.222. The van der Waals surface area contributed by atoms with Crippen molar-refractivity contribution in [1.29, 1.82) is 0 Å². The number of hydrogen-bond acceptors (Lipinski definition) is 9. The highest BCUT2D eigenvalue weighted by Gasteiger charge is 2.32. The molecule has 4 rings (SSSR count). The number of nitrogens with one attached hydrogen (secondary N) is 3. The van der Waals surface area contributed by atoms with Crippen LogP contribution >= 0.6 is 0 Å². The molecule has 0 saturated carbocycles. The minimum atomic E-state index is -2.24. The number of ether oxygens (including phenoxy) is 1. The number of anilines is 4. The van der Waals surface area contributed by atoms with Gasteiger partial charge in [-0.05, 0) is 38.4 Å². The molecule has 0 radical (unpaired) electrons. The van der Waals surface area contributed by atoms with Gasteiger partial charge >= 0.3 is 0 Å². The van der Waals surface area contributed by atoms with Crippen molar-refractivity contribution in [3.63, 3.8) is 0 Å². The monoisotopic (exact) mass is 517 g/mol. The summed E-state index contributed by atoms with van der Waals surface area (Å²) in [5.74, 6) is -2.04. The molecule has 2 aromatic carbocycles. The second-order valence-corrected chi connectivity index (χ2v) is 8.97. The highest BCUT2D eigenvalue weighted by atomic mass is 16.5. The minimum Gasteiger partial charge on any atom is -0.494 e. The average molecular weight is 518 g/mol. The van der Waals surface area contributed by atoms with Crippen molar-refractivity contribution in [1.82, 2.24) is 19.9 Å². The normalized spacial score (nSPS) is 11.4. The molecule has 11 heteroatoms. The van der Waals surface area contributed by atoms with E-state index in [-0.39, 0.29) is 6.54 Å². The van der Waals surface area contributed by atoms with E-state index in [9.17, 15) is 15.0 Å². The lowest BCUT2D eigenvalue weighted by atomic mass is 10.1. The number of benzene rings is 2. The van der Waals surface area contributed by atoms with Crippen LogP contribution in [-0.4, -0.2) is 76.7 Å². The third kappa shape index (κ3) is 5.59. The molecule has 0 saturated heterocycles. The summed E-state index contributed by atoms with van der Waals surface area (Å²) in [5, 5.41) is 28.3. The zero-order valence-corrected chi connectivity index (χ0v) is 21.7. The summed E-state index contributed by atoms with van der Waals surface area (Å²) < 4.78 is 5.59. The van der Waals surface area contributed by atoms with Crippen LogP contribution in [0.2, 0.25) is 0 Å². The number of hydrogen-bond donors (Lipinski definition) is 5. The fourth-order valence-corrected chi connectivity index (χ4v) is 4.09. The summed E-state index contributed by atoms with van der Waals surface area (Å²) in [6.45, 7) is 3.42. The van der Waals surface area contributed by atoms with Crippen molar-refractivity contribution in [3.05, 3.63) is 67.5 Å². The molecule has 38 heavy (non-hydrogen) atoms. The van der Waals surface area contributed by atoms with Gasteiger partial charge in [-0.15, -0.1) is 0 Å². The molecule has 2 aromatic heterocycles. The average Bonchev–Trinajstić information content (AvgIpc) is 3.32. The highest BCUT2D eigenvalue weighted by Crippen LogP contribution is 2.39. The van der Waals surface area contributed by atoms with Crippen LogP contribution < -0.4 is 20.3 Å². The van der Waals surface area contributed by atoms with Crippen LogP contribution in [0.4, 0.5) is 23.0 Å². The Morgan fingerprint density at radius 1 is 1.18 bits per heavy atom. The van der Waals surface area contributed by atoms with Gasteiger partial charge in [-0.1, -0.05) is 24.8 Å². The quantitative estimate of drug-likeness (QED) is 0.159. The van der Waals surface area contributed by atoms with Crippen molar-refractivity contribution in [3.8, 4) is 17.0 Å². The molecule has 2 heterocycles. The molecule has 0 atom stereocenters. The van der Waals surface area contributed by atoms with Gasteiger partial charge in [0.15, 0.2) is 0 Å². The SMILES string of the molecule is C=CC(=O)Nc1cc(Nc2nccc(-c3c[nH]c4ccccc34)n2)c(OC)cc1N(C)C(O)(O)CN(C)C. The fourth-order valence-electron chi connectivity index (χ4n) is 4.09. The first-order chi connectivity index (χ1) is 18.1. The number of aliphatic hydroxyl groups is 2. The third-order valence-corrected chi connectivity index (χ3v) is 5.96. The number of H-pyrrole nitrogens is 1. The van der Waals surface area contributed by atoms with Crippen molar-refractivity contribution in [2.24, 2.45) is 0 Å². The molecule has 198 valence electrons. The van der Waals surface area contributed by atoms with Gasteiger partial charge in [0.2, 0.25) is 11.9 Å². The standard InChI is InChI=1S/C27H31N7O4/c1-6-25(35)30-21-13-22(24(38-5)14-23(21)34(4)27(36,37)16-33(2)3)32-26-28-12-11-20(31-26)18-15-29-19-10-8-7-9-17(18)19/h6-15,29,36-37H,1,16H2,2-5H3,(H,30,35)(H,28,31,32). The van der Waals surface area contributed by atoms with Crippen LogP contribution in [0.3, 0.4) is 0 Å². The summed E-state index contributed by atoms with van der Waals surface area (Å²) in [4.78, 5) is 27.4. The Bertz CT molecular complexity index is 1470. The van der Waals surface area contributed by atoms with Gasteiger partial charge in [-0.25, -0.2) is 9.97 Å². The van der Waals surface area contributed by atoms with Crippen LogP contribution in [0, 0.1) is 0 Å². The number of likely N-dealkylation sites (N-methyl/N-ethyl adjacent to an activating group) is 2. The number of aromatic nitrogens is 3. The number of rotatable bonds is 10. The number of aromatic amines is 1. The number of para-hydroxylation sites is 1.